The second-order valence-corrected chi connectivity index (χ2v) is 5.17. The van der Waals surface area contributed by atoms with Gasteiger partial charge in [-0.15, -0.1) is 0 Å². The van der Waals surface area contributed by atoms with Crippen molar-refractivity contribution < 1.29 is 14.6 Å². The number of rotatable bonds is 6. The van der Waals surface area contributed by atoms with Crippen molar-refractivity contribution in [1.82, 2.24) is 14.5 Å². The van der Waals surface area contributed by atoms with Gasteiger partial charge in [-0.3, -0.25) is 4.79 Å². The van der Waals surface area contributed by atoms with Gasteiger partial charge in [-0.25, -0.2) is 4.98 Å². The lowest BCUT2D eigenvalue weighted by Gasteiger charge is -2.33. The molecule has 1 aliphatic rings. The Bertz CT molecular complexity index is 408. The minimum Gasteiger partial charge on any atom is -0.394 e. The fourth-order valence-corrected chi connectivity index (χ4v) is 2.56. The molecule has 1 N–H and O–H groups in total. The van der Waals surface area contributed by atoms with Gasteiger partial charge in [-0.2, -0.15) is 0 Å². The van der Waals surface area contributed by atoms with Gasteiger partial charge in [0.2, 0.25) is 5.91 Å². The van der Waals surface area contributed by atoms with Crippen LogP contribution in [-0.2, 0) is 9.53 Å². The Kier molecular flexibility index (Phi) is 5.55. The van der Waals surface area contributed by atoms with E-state index in [9.17, 15) is 4.79 Å². The van der Waals surface area contributed by atoms with E-state index in [0.29, 0.717) is 26.1 Å². The van der Waals surface area contributed by atoms with Crippen molar-refractivity contribution in [3.8, 4) is 0 Å². The average molecular weight is 281 g/mol. The molecule has 1 saturated heterocycles. The van der Waals surface area contributed by atoms with Gasteiger partial charge in [0.25, 0.3) is 0 Å². The highest BCUT2D eigenvalue weighted by molar-refractivity contribution is 5.76. The van der Waals surface area contributed by atoms with Gasteiger partial charge in [-0.05, 0) is 6.42 Å². The molecule has 0 aromatic carbocycles. The highest BCUT2D eigenvalue weighted by Crippen LogP contribution is 2.20. The Morgan fingerprint density at radius 1 is 1.60 bits per heavy atom. The molecule has 0 aliphatic carbocycles. The fourth-order valence-electron chi connectivity index (χ4n) is 2.56. The van der Waals surface area contributed by atoms with Crippen molar-refractivity contribution in [3.05, 3.63) is 18.7 Å². The molecule has 0 spiro atoms. The van der Waals surface area contributed by atoms with Gasteiger partial charge in [0.1, 0.15) is 0 Å². The van der Waals surface area contributed by atoms with Gasteiger partial charge >= 0.3 is 0 Å². The van der Waals surface area contributed by atoms with Crippen LogP contribution in [0.5, 0.6) is 0 Å². The van der Waals surface area contributed by atoms with Crippen molar-refractivity contribution in [1.29, 1.82) is 0 Å². The normalized spacial score (nSPS) is 20.9. The Balaban J connectivity index is 1.94. The Morgan fingerprint density at radius 3 is 3.10 bits per heavy atom. The van der Waals surface area contributed by atoms with E-state index in [-0.39, 0.29) is 24.7 Å². The van der Waals surface area contributed by atoms with Crippen LogP contribution in [0.4, 0.5) is 0 Å². The Hall–Kier alpha value is -1.40. The van der Waals surface area contributed by atoms with E-state index in [0.717, 1.165) is 12.8 Å². The number of aliphatic hydroxyl groups is 1. The summed E-state index contributed by atoms with van der Waals surface area (Å²) in [5.74, 6) is 0.124. The number of imidazole rings is 1. The summed E-state index contributed by atoms with van der Waals surface area (Å²) < 4.78 is 7.38. The monoisotopic (exact) mass is 281 g/mol. The second kappa shape index (κ2) is 7.40. The topological polar surface area (TPSA) is 67.6 Å². The largest absolute Gasteiger partial charge is 0.394 e. The molecule has 0 bridgehead atoms. The van der Waals surface area contributed by atoms with E-state index < -0.39 is 0 Å². The van der Waals surface area contributed by atoms with Crippen molar-refractivity contribution >= 4 is 5.91 Å². The highest BCUT2D eigenvalue weighted by Gasteiger charge is 2.25. The zero-order valence-electron chi connectivity index (χ0n) is 11.9. The maximum Gasteiger partial charge on any atom is 0.224 e. The third-order valence-corrected chi connectivity index (χ3v) is 3.67. The lowest BCUT2D eigenvalue weighted by Crippen LogP contribution is -2.47. The first-order valence-corrected chi connectivity index (χ1v) is 7.22. The molecule has 1 aromatic heterocycles. The smallest absolute Gasteiger partial charge is 0.224 e. The van der Waals surface area contributed by atoms with Crippen LogP contribution in [0.3, 0.4) is 0 Å². The molecule has 6 heteroatoms. The minimum atomic E-state index is -0.245. The molecule has 2 heterocycles. The van der Waals surface area contributed by atoms with Gasteiger partial charge < -0.3 is 19.3 Å². The van der Waals surface area contributed by atoms with Crippen LogP contribution in [0.1, 0.15) is 32.2 Å². The van der Waals surface area contributed by atoms with Gasteiger partial charge in [0.15, 0.2) is 0 Å². The molecule has 20 heavy (non-hydrogen) atoms. The summed E-state index contributed by atoms with van der Waals surface area (Å²) in [4.78, 5) is 18.2. The van der Waals surface area contributed by atoms with Gasteiger partial charge in [-0.1, -0.05) is 13.3 Å². The third kappa shape index (κ3) is 3.80. The van der Waals surface area contributed by atoms with E-state index in [1.807, 2.05) is 10.8 Å². The van der Waals surface area contributed by atoms with Crippen LogP contribution in [0.25, 0.3) is 0 Å². The van der Waals surface area contributed by atoms with Crippen LogP contribution in [0.15, 0.2) is 18.7 Å². The molecule has 2 atom stereocenters. The fraction of sp³-hybridized carbons (Fsp3) is 0.714. The van der Waals surface area contributed by atoms with E-state index in [1.165, 1.54) is 0 Å². The lowest BCUT2D eigenvalue weighted by molar-refractivity contribution is -0.141. The average Bonchev–Trinajstić information content (AvgIpc) is 3.01. The Labute approximate surface area is 119 Å². The molecule has 112 valence electrons. The van der Waals surface area contributed by atoms with E-state index >= 15 is 0 Å². The number of morpholine rings is 1. The first kappa shape index (κ1) is 15.0. The lowest BCUT2D eigenvalue weighted by atomic mass is 10.1. The molecule has 0 radical (unpaired) electrons. The van der Waals surface area contributed by atoms with Crippen LogP contribution in [0, 0.1) is 0 Å². The van der Waals surface area contributed by atoms with Crippen LogP contribution >= 0.6 is 0 Å². The molecule has 2 unspecified atom stereocenters. The molecule has 1 aromatic rings. The van der Waals surface area contributed by atoms with Crippen molar-refractivity contribution in [2.75, 3.05) is 26.3 Å². The molecule has 1 fully saturated rings. The minimum absolute atomic E-state index is 0.0380. The quantitative estimate of drug-likeness (QED) is 0.839. The SMILES string of the molecule is CCCC(CC(=O)N1CCOC(CO)C1)n1ccnc1. The van der Waals surface area contributed by atoms with Crippen molar-refractivity contribution in [2.24, 2.45) is 0 Å². The maximum atomic E-state index is 12.4. The number of nitrogens with zero attached hydrogens (tertiary/aromatic N) is 3. The number of hydrogen-bond donors (Lipinski definition) is 1. The maximum absolute atomic E-state index is 12.4. The van der Waals surface area contributed by atoms with E-state index in [2.05, 4.69) is 11.9 Å². The summed E-state index contributed by atoms with van der Waals surface area (Å²) in [6.07, 6.45) is 7.62. The summed E-state index contributed by atoms with van der Waals surface area (Å²) in [6, 6.07) is 0.158. The highest BCUT2D eigenvalue weighted by atomic mass is 16.5. The van der Waals surface area contributed by atoms with E-state index in [4.69, 9.17) is 9.84 Å². The first-order chi connectivity index (χ1) is 9.74. The summed E-state index contributed by atoms with van der Waals surface area (Å²) in [7, 11) is 0. The summed E-state index contributed by atoms with van der Waals surface area (Å²) >= 11 is 0. The molecule has 6 nitrogen and oxygen atoms in total. The zero-order valence-corrected chi connectivity index (χ0v) is 11.9. The van der Waals surface area contributed by atoms with Crippen LogP contribution < -0.4 is 0 Å². The molecule has 1 amide bonds. The van der Waals surface area contributed by atoms with Crippen LogP contribution in [-0.4, -0.2) is 57.9 Å². The predicted octanol–water partition coefficient (Wildman–Crippen LogP) is 0.834. The number of carbonyl (C=O) groups is 1. The third-order valence-electron chi connectivity index (χ3n) is 3.67. The number of aliphatic hydroxyl groups excluding tert-OH is 1. The number of hydrogen-bond acceptors (Lipinski definition) is 4. The summed E-state index contributed by atoms with van der Waals surface area (Å²) in [5, 5.41) is 9.13. The molecule has 1 aliphatic heterocycles. The number of amides is 1. The first-order valence-electron chi connectivity index (χ1n) is 7.22. The number of aromatic nitrogens is 2. The second-order valence-electron chi connectivity index (χ2n) is 5.17. The number of carbonyl (C=O) groups excluding carboxylic acids is 1. The Morgan fingerprint density at radius 2 is 2.45 bits per heavy atom. The molecular formula is C14H23N3O3. The van der Waals surface area contributed by atoms with E-state index in [1.54, 1.807) is 17.4 Å². The van der Waals surface area contributed by atoms with Gasteiger partial charge in [0, 0.05) is 37.9 Å². The van der Waals surface area contributed by atoms with Crippen molar-refractivity contribution in [2.45, 2.75) is 38.3 Å². The summed E-state index contributed by atoms with van der Waals surface area (Å²) in [6.45, 7) is 3.67. The summed E-state index contributed by atoms with van der Waals surface area (Å²) in [5.41, 5.74) is 0. The van der Waals surface area contributed by atoms with Gasteiger partial charge in [0.05, 0.1) is 25.6 Å². The number of ether oxygens (including phenoxy) is 1. The predicted molar refractivity (Wildman–Crippen MR) is 74.2 cm³/mol. The van der Waals surface area contributed by atoms with Crippen LogP contribution in [0.2, 0.25) is 0 Å². The molecular weight excluding hydrogens is 258 g/mol. The standard InChI is InChI=1S/C14H23N3O3/c1-2-3-12(17-5-4-15-11-17)8-14(19)16-6-7-20-13(9-16)10-18/h4-5,11-13,18H,2-3,6-10H2,1H3. The zero-order chi connectivity index (χ0) is 14.4. The van der Waals surface area contributed by atoms with Crippen molar-refractivity contribution in [3.63, 3.8) is 0 Å². The molecule has 0 saturated carbocycles. The molecule has 2 rings (SSSR count).